The van der Waals surface area contributed by atoms with Crippen molar-refractivity contribution < 1.29 is 19.0 Å². The van der Waals surface area contributed by atoms with Crippen LogP contribution in [0.3, 0.4) is 0 Å². The Morgan fingerprint density at radius 2 is 1.90 bits per heavy atom. The number of hydrogen-bond acceptors (Lipinski definition) is 6. The van der Waals surface area contributed by atoms with Crippen LogP contribution in [0.15, 0.2) is 42.5 Å². The Balaban J connectivity index is 1.32. The quantitative estimate of drug-likeness (QED) is 0.710. The van der Waals surface area contributed by atoms with Crippen molar-refractivity contribution in [2.75, 3.05) is 18.5 Å². The van der Waals surface area contributed by atoms with Gasteiger partial charge >= 0.3 is 0 Å². The van der Waals surface area contributed by atoms with Crippen LogP contribution in [0, 0.1) is 0 Å². The summed E-state index contributed by atoms with van der Waals surface area (Å²) in [4.78, 5) is 12.7. The fraction of sp³-hybridized carbons (Fsp3) is 0.250. The van der Waals surface area contributed by atoms with Crippen LogP contribution in [0.1, 0.15) is 27.8 Å². The summed E-state index contributed by atoms with van der Waals surface area (Å²) in [7, 11) is 0. The lowest BCUT2D eigenvalue weighted by atomic mass is 10.1. The second-order valence-electron chi connectivity index (χ2n) is 6.73. The molecule has 9 heteroatoms. The highest BCUT2D eigenvalue weighted by molar-refractivity contribution is 6.30. The van der Waals surface area contributed by atoms with E-state index in [2.05, 4.69) is 15.6 Å². The number of anilines is 1. The van der Waals surface area contributed by atoms with Crippen LogP contribution in [0.5, 0.6) is 11.5 Å². The number of hydrogen-bond donors (Lipinski definition) is 1. The smallest absolute Gasteiger partial charge is 0.278 e. The van der Waals surface area contributed by atoms with E-state index in [-0.39, 0.29) is 24.3 Å². The van der Waals surface area contributed by atoms with E-state index in [4.69, 9.17) is 25.8 Å². The third-order valence-corrected chi connectivity index (χ3v) is 5.11. The number of rotatable bonds is 3. The first-order valence-corrected chi connectivity index (χ1v) is 9.55. The fourth-order valence-electron chi connectivity index (χ4n) is 3.38. The van der Waals surface area contributed by atoms with Gasteiger partial charge in [-0.1, -0.05) is 28.9 Å². The van der Waals surface area contributed by atoms with E-state index < -0.39 is 0 Å². The van der Waals surface area contributed by atoms with Crippen molar-refractivity contribution in [3.63, 3.8) is 0 Å². The number of carbonyl (C=O) groups is 1. The molecule has 0 saturated heterocycles. The summed E-state index contributed by atoms with van der Waals surface area (Å²) < 4.78 is 18.7. The molecule has 0 fully saturated rings. The average molecular weight is 413 g/mol. The van der Waals surface area contributed by atoms with Crippen LogP contribution in [0.4, 0.5) is 5.69 Å². The van der Waals surface area contributed by atoms with Crippen LogP contribution >= 0.6 is 11.6 Å². The van der Waals surface area contributed by atoms with Gasteiger partial charge in [0, 0.05) is 16.8 Å². The van der Waals surface area contributed by atoms with Crippen molar-refractivity contribution in [1.82, 2.24) is 15.0 Å². The van der Waals surface area contributed by atoms with Crippen LogP contribution in [0.25, 0.3) is 0 Å². The first kappa shape index (κ1) is 18.0. The third-order valence-electron chi connectivity index (χ3n) is 4.85. The molecule has 2 aliphatic rings. The highest BCUT2D eigenvalue weighted by Crippen LogP contribution is 2.33. The Bertz CT molecular complexity index is 1070. The maximum absolute atomic E-state index is 12.7. The number of halogens is 1. The molecule has 0 aliphatic carbocycles. The largest absolute Gasteiger partial charge is 0.486 e. The number of amides is 1. The molecule has 0 radical (unpaired) electrons. The summed E-state index contributed by atoms with van der Waals surface area (Å²) in [5, 5.41) is 11.7. The third kappa shape index (κ3) is 3.52. The Labute approximate surface area is 171 Å². The molecule has 29 heavy (non-hydrogen) atoms. The molecule has 148 valence electrons. The minimum atomic E-state index is -0.350. The normalized spacial score (nSPS) is 17.5. The molecule has 1 atom stereocenters. The van der Waals surface area contributed by atoms with E-state index >= 15 is 0 Å². The summed E-state index contributed by atoms with van der Waals surface area (Å²) in [5.74, 6) is 0.918. The summed E-state index contributed by atoms with van der Waals surface area (Å²) in [6, 6.07) is 12.7. The number of fused-ring (bicyclic) bond motifs is 2. The van der Waals surface area contributed by atoms with Crippen molar-refractivity contribution in [1.29, 1.82) is 0 Å². The molecule has 0 saturated carbocycles. The predicted octanol–water partition coefficient (Wildman–Crippen LogP) is 3.23. The molecule has 2 aliphatic heterocycles. The van der Waals surface area contributed by atoms with Gasteiger partial charge in [0.25, 0.3) is 5.91 Å². The summed E-state index contributed by atoms with van der Waals surface area (Å²) in [6.45, 7) is 1.71. The van der Waals surface area contributed by atoms with Gasteiger partial charge in [0.1, 0.15) is 19.3 Å². The maximum Gasteiger partial charge on any atom is 0.278 e. The highest BCUT2D eigenvalue weighted by atomic mass is 35.5. The summed E-state index contributed by atoms with van der Waals surface area (Å²) in [6.07, 6.45) is -0.171. The monoisotopic (exact) mass is 412 g/mol. The second kappa shape index (κ2) is 7.38. The van der Waals surface area contributed by atoms with Crippen molar-refractivity contribution in [3.05, 3.63) is 64.4 Å². The number of aromatic nitrogens is 3. The molecular weight excluding hydrogens is 396 g/mol. The fourth-order valence-corrected chi connectivity index (χ4v) is 3.50. The topological polar surface area (TPSA) is 87.5 Å². The summed E-state index contributed by atoms with van der Waals surface area (Å²) in [5.41, 5.74) is 2.48. The standard InChI is InChI=1S/C20H17ClN4O4/c21-13-3-1-12(2-4-13)18-10-25-15(11-29-18)19(23-24-25)20(26)22-14-5-6-16-17(9-14)28-8-7-27-16/h1-6,9,18H,7-8,10-11H2,(H,22,26)/t18-/m0/s1. The van der Waals surface area contributed by atoms with E-state index in [0.29, 0.717) is 47.7 Å². The zero-order valence-corrected chi connectivity index (χ0v) is 16.1. The lowest BCUT2D eigenvalue weighted by Gasteiger charge is -2.24. The van der Waals surface area contributed by atoms with Gasteiger partial charge in [0.05, 0.1) is 18.8 Å². The Kier molecular flexibility index (Phi) is 4.57. The molecule has 1 aromatic heterocycles. The average Bonchev–Trinajstić information content (AvgIpc) is 3.17. The van der Waals surface area contributed by atoms with Gasteiger partial charge in [0.2, 0.25) is 0 Å². The summed E-state index contributed by atoms with van der Waals surface area (Å²) >= 11 is 5.95. The first-order valence-electron chi connectivity index (χ1n) is 9.18. The van der Waals surface area contributed by atoms with Gasteiger partial charge in [-0.2, -0.15) is 0 Å². The molecule has 3 heterocycles. The van der Waals surface area contributed by atoms with Gasteiger partial charge in [-0.25, -0.2) is 4.68 Å². The van der Waals surface area contributed by atoms with Crippen LogP contribution in [-0.4, -0.2) is 34.1 Å². The van der Waals surface area contributed by atoms with E-state index in [9.17, 15) is 4.79 Å². The van der Waals surface area contributed by atoms with Crippen LogP contribution < -0.4 is 14.8 Å². The Morgan fingerprint density at radius 1 is 1.10 bits per heavy atom. The Hall–Kier alpha value is -3.10. The lowest BCUT2D eigenvalue weighted by Crippen LogP contribution is -2.24. The van der Waals surface area contributed by atoms with Crippen molar-refractivity contribution in [2.24, 2.45) is 0 Å². The highest BCUT2D eigenvalue weighted by Gasteiger charge is 2.28. The number of benzene rings is 2. The SMILES string of the molecule is O=C(Nc1ccc2c(c1)OCCO2)c1nnn2c1CO[C@H](c1ccc(Cl)cc1)C2. The number of nitrogens with one attached hydrogen (secondary N) is 1. The first-order chi connectivity index (χ1) is 14.2. The Morgan fingerprint density at radius 3 is 2.72 bits per heavy atom. The molecule has 0 unspecified atom stereocenters. The zero-order chi connectivity index (χ0) is 19.8. The number of carbonyl (C=O) groups excluding carboxylic acids is 1. The molecule has 0 spiro atoms. The van der Waals surface area contributed by atoms with Crippen LogP contribution in [0.2, 0.25) is 5.02 Å². The van der Waals surface area contributed by atoms with Crippen molar-refractivity contribution in [2.45, 2.75) is 19.3 Å². The van der Waals surface area contributed by atoms with Crippen molar-refractivity contribution >= 4 is 23.2 Å². The lowest BCUT2D eigenvalue weighted by molar-refractivity contribution is -0.00171. The molecule has 3 aromatic rings. The van der Waals surface area contributed by atoms with E-state index in [1.807, 2.05) is 24.3 Å². The van der Waals surface area contributed by atoms with Gasteiger partial charge in [0.15, 0.2) is 17.2 Å². The molecule has 1 N–H and O–H groups in total. The van der Waals surface area contributed by atoms with Gasteiger partial charge in [-0.05, 0) is 29.8 Å². The predicted molar refractivity (Wildman–Crippen MR) is 104 cm³/mol. The molecule has 1 amide bonds. The number of nitrogens with zero attached hydrogens (tertiary/aromatic N) is 3. The number of ether oxygens (including phenoxy) is 3. The molecular formula is C20H17ClN4O4. The van der Waals surface area contributed by atoms with Crippen LogP contribution in [-0.2, 0) is 17.9 Å². The van der Waals surface area contributed by atoms with Crippen molar-refractivity contribution in [3.8, 4) is 11.5 Å². The molecule has 0 bridgehead atoms. The minimum Gasteiger partial charge on any atom is -0.486 e. The van der Waals surface area contributed by atoms with Gasteiger partial charge < -0.3 is 19.5 Å². The minimum absolute atomic E-state index is 0.171. The molecule has 8 nitrogen and oxygen atoms in total. The van der Waals surface area contributed by atoms with E-state index in [0.717, 1.165) is 5.56 Å². The zero-order valence-electron chi connectivity index (χ0n) is 15.3. The van der Waals surface area contributed by atoms with E-state index in [1.165, 1.54) is 0 Å². The molecule has 5 rings (SSSR count). The van der Waals surface area contributed by atoms with Gasteiger partial charge in [-0.15, -0.1) is 5.10 Å². The maximum atomic E-state index is 12.7. The molecule has 2 aromatic carbocycles. The van der Waals surface area contributed by atoms with Gasteiger partial charge in [-0.3, -0.25) is 4.79 Å². The second-order valence-corrected chi connectivity index (χ2v) is 7.17. The van der Waals surface area contributed by atoms with E-state index in [1.54, 1.807) is 22.9 Å².